The Morgan fingerprint density at radius 3 is 2.44 bits per heavy atom. The number of carbonyl (C=O) groups is 2. The molecule has 1 heterocycles. The van der Waals surface area contributed by atoms with E-state index in [9.17, 15) is 18.4 Å². The summed E-state index contributed by atoms with van der Waals surface area (Å²) in [5, 5.41) is 3.62. The molecular weight excluding hydrogens is 490 g/mol. The molecule has 1 amide bonds. The zero-order valence-electron chi connectivity index (χ0n) is 20.4. The summed E-state index contributed by atoms with van der Waals surface area (Å²) >= 11 is 6.06. The Morgan fingerprint density at radius 2 is 1.81 bits per heavy atom. The molecule has 2 aromatic carbocycles. The number of likely N-dealkylation sites (tertiary alicyclic amines) is 1. The number of methoxy groups -OCH3 is 1. The highest BCUT2D eigenvalue weighted by Crippen LogP contribution is 2.43. The van der Waals surface area contributed by atoms with Crippen molar-refractivity contribution in [3.8, 4) is 5.75 Å². The topological polar surface area (TPSA) is 67.9 Å². The molecule has 1 saturated carbocycles. The van der Waals surface area contributed by atoms with E-state index in [1.54, 1.807) is 36.4 Å². The molecule has 2 aromatic rings. The van der Waals surface area contributed by atoms with Gasteiger partial charge < -0.3 is 14.8 Å². The summed E-state index contributed by atoms with van der Waals surface area (Å²) in [5.41, 5.74) is 0.179. The first-order chi connectivity index (χ1) is 17.1. The van der Waals surface area contributed by atoms with E-state index in [2.05, 4.69) is 5.32 Å². The monoisotopic (exact) mass is 520 g/mol. The summed E-state index contributed by atoms with van der Waals surface area (Å²) in [6, 6.07) is 13.5. The van der Waals surface area contributed by atoms with Gasteiger partial charge in [-0.25, -0.2) is 13.6 Å². The predicted molar refractivity (Wildman–Crippen MR) is 133 cm³/mol. The van der Waals surface area contributed by atoms with Crippen molar-refractivity contribution in [2.45, 2.75) is 62.6 Å². The fourth-order valence-corrected chi connectivity index (χ4v) is 5.28. The number of benzene rings is 2. The van der Waals surface area contributed by atoms with Gasteiger partial charge in [0.05, 0.1) is 18.7 Å². The van der Waals surface area contributed by atoms with Gasteiger partial charge >= 0.3 is 5.97 Å². The summed E-state index contributed by atoms with van der Waals surface area (Å²) in [5.74, 6) is -2.82. The summed E-state index contributed by atoms with van der Waals surface area (Å²) in [6.45, 7) is 2.88. The van der Waals surface area contributed by atoms with Gasteiger partial charge in [-0.15, -0.1) is 0 Å². The molecule has 0 radical (unpaired) electrons. The van der Waals surface area contributed by atoms with E-state index in [0.29, 0.717) is 35.8 Å². The van der Waals surface area contributed by atoms with Crippen molar-refractivity contribution in [3.63, 3.8) is 0 Å². The number of halogens is 3. The van der Waals surface area contributed by atoms with Crippen molar-refractivity contribution in [1.82, 2.24) is 10.2 Å². The van der Waals surface area contributed by atoms with Crippen LogP contribution in [0.25, 0.3) is 0 Å². The molecule has 2 fully saturated rings. The number of alkyl halides is 2. The maximum absolute atomic E-state index is 14.1. The Kier molecular flexibility index (Phi) is 7.85. The van der Waals surface area contributed by atoms with Crippen molar-refractivity contribution >= 4 is 23.5 Å². The molecule has 1 N–H and O–H groups in total. The second-order valence-corrected chi connectivity index (χ2v) is 10.1. The first kappa shape index (κ1) is 26.4. The third-order valence-electron chi connectivity index (χ3n) is 7.26. The summed E-state index contributed by atoms with van der Waals surface area (Å²) in [6.07, 6.45) is -0.00720. The van der Waals surface area contributed by atoms with E-state index < -0.39 is 17.4 Å². The molecule has 1 aliphatic heterocycles. The maximum Gasteiger partial charge on any atom is 0.337 e. The minimum absolute atomic E-state index is 0.0731. The van der Waals surface area contributed by atoms with Crippen molar-refractivity contribution < 1.29 is 27.8 Å². The first-order valence-corrected chi connectivity index (χ1v) is 12.5. The van der Waals surface area contributed by atoms with Crippen LogP contribution in [-0.4, -0.2) is 54.5 Å². The van der Waals surface area contributed by atoms with Crippen LogP contribution in [-0.2, 0) is 9.53 Å². The first-order valence-electron chi connectivity index (χ1n) is 12.2. The molecule has 0 spiro atoms. The lowest BCUT2D eigenvalue weighted by Gasteiger charge is -2.45. The molecule has 2 atom stereocenters. The summed E-state index contributed by atoms with van der Waals surface area (Å²) < 4.78 is 39.1. The molecule has 4 rings (SSSR count). The number of nitrogens with one attached hydrogen (secondary N) is 1. The van der Waals surface area contributed by atoms with Gasteiger partial charge in [0.15, 0.2) is 0 Å². The van der Waals surface area contributed by atoms with E-state index >= 15 is 0 Å². The van der Waals surface area contributed by atoms with E-state index in [-0.39, 0.29) is 43.7 Å². The SMILES string of the molecule is COC(=O)c1ccc(C(C)NC(=O)C2(N3CC[C@@H](Oc4cccc(Cl)c4)C3)CCC(F)(F)CC2)cc1. The Balaban J connectivity index is 1.48. The van der Waals surface area contributed by atoms with Crippen LogP contribution < -0.4 is 10.1 Å². The number of ether oxygens (including phenoxy) is 2. The number of carbonyl (C=O) groups excluding carboxylic acids is 2. The second kappa shape index (κ2) is 10.7. The highest BCUT2D eigenvalue weighted by molar-refractivity contribution is 6.30. The van der Waals surface area contributed by atoms with E-state index in [1.807, 2.05) is 24.0 Å². The van der Waals surface area contributed by atoms with Gasteiger partial charge in [0, 0.05) is 31.0 Å². The molecule has 194 valence electrons. The number of esters is 1. The van der Waals surface area contributed by atoms with Crippen LogP contribution in [0, 0.1) is 0 Å². The number of hydrogen-bond acceptors (Lipinski definition) is 5. The molecule has 1 saturated heterocycles. The molecule has 36 heavy (non-hydrogen) atoms. The van der Waals surface area contributed by atoms with Crippen LogP contribution in [0.2, 0.25) is 5.02 Å². The predicted octanol–water partition coefficient (Wildman–Crippen LogP) is 5.41. The number of hydrogen-bond donors (Lipinski definition) is 1. The van der Waals surface area contributed by atoms with Gasteiger partial charge in [0.1, 0.15) is 17.4 Å². The van der Waals surface area contributed by atoms with E-state index in [0.717, 1.165) is 5.56 Å². The largest absolute Gasteiger partial charge is 0.489 e. The smallest absolute Gasteiger partial charge is 0.337 e. The Hall–Kier alpha value is -2.71. The van der Waals surface area contributed by atoms with Gasteiger partial charge in [-0.05, 0) is 62.1 Å². The minimum atomic E-state index is -2.77. The average Bonchev–Trinajstić information content (AvgIpc) is 3.32. The lowest BCUT2D eigenvalue weighted by atomic mass is 9.77. The lowest BCUT2D eigenvalue weighted by molar-refractivity contribution is -0.143. The molecular formula is C27H31ClF2N2O4. The zero-order chi connectivity index (χ0) is 25.9. The molecule has 0 aromatic heterocycles. The van der Waals surface area contributed by atoms with Gasteiger partial charge in [-0.2, -0.15) is 0 Å². The van der Waals surface area contributed by atoms with Crippen LogP contribution >= 0.6 is 11.6 Å². The van der Waals surface area contributed by atoms with E-state index in [1.165, 1.54) is 7.11 Å². The second-order valence-electron chi connectivity index (χ2n) is 9.63. The molecule has 6 nitrogen and oxygen atoms in total. The third kappa shape index (κ3) is 5.81. The van der Waals surface area contributed by atoms with Crippen molar-refractivity contribution in [3.05, 3.63) is 64.7 Å². The quantitative estimate of drug-likeness (QED) is 0.495. The third-order valence-corrected chi connectivity index (χ3v) is 7.49. The van der Waals surface area contributed by atoms with Gasteiger partial charge in [0.25, 0.3) is 0 Å². The lowest BCUT2D eigenvalue weighted by Crippen LogP contribution is -2.61. The van der Waals surface area contributed by atoms with Crippen molar-refractivity contribution in [1.29, 1.82) is 0 Å². The fourth-order valence-electron chi connectivity index (χ4n) is 5.10. The van der Waals surface area contributed by atoms with Crippen LogP contribution in [0.4, 0.5) is 8.78 Å². The number of rotatable bonds is 7. The van der Waals surface area contributed by atoms with Crippen LogP contribution in [0.1, 0.15) is 61.0 Å². The Morgan fingerprint density at radius 1 is 1.11 bits per heavy atom. The number of nitrogens with zero attached hydrogens (tertiary/aromatic N) is 1. The number of amides is 1. The Bertz CT molecular complexity index is 1090. The van der Waals surface area contributed by atoms with Crippen LogP contribution in [0.15, 0.2) is 48.5 Å². The summed E-state index contributed by atoms with van der Waals surface area (Å²) in [4.78, 5) is 27.4. The van der Waals surface area contributed by atoms with Crippen molar-refractivity contribution in [2.75, 3.05) is 20.2 Å². The average molecular weight is 521 g/mol. The molecule has 0 bridgehead atoms. The normalized spacial score (nSPS) is 22.0. The maximum atomic E-state index is 14.1. The molecule has 2 aliphatic rings. The standard InChI is InChI=1S/C27H31ClF2N2O4/c1-18(19-6-8-20(9-7-19)24(33)35-2)31-25(34)26(11-13-27(29,30)14-12-26)32-15-10-23(17-32)36-22-5-3-4-21(28)16-22/h3-9,16,18,23H,10-15,17H2,1-2H3,(H,31,34)/t18?,23-/m1/s1. The van der Waals surface area contributed by atoms with Crippen molar-refractivity contribution in [2.24, 2.45) is 0 Å². The highest BCUT2D eigenvalue weighted by atomic mass is 35.5. The molecule has 9 heteroatoms. The molecule has 1 aliphatic carbocycles. The van der Waals surface area contributed by atoms with Crippen LogP contribution in [0.3, 0.4) is 0 Å². The minimum Gasteiger partial charge on any atom is -0.489 e. The highest BCUT2D eigenvalue weighted by Gasteiger charge is 2.53. The zero-order valence-corrected chi connectivity index (χ0v) is 21.2. The van der Waals surface area contributed by atoms with Gasteiger partial charge in [-0.1, -0.05) is 29.8 Å². The van der Waals surface area contributed by atoms with Crippen LogP contribution in [0.5, 0.6) is 5.75 Å². The summed E-state index contributed by atoms with van der Waals surface area (Å²) in [7, 11) is 1.31. The molecule has 1 unspecified atom stereocenters. The van der Waals surface area contributed by atoms with E-state index in [4.69, 9.17) is 21.1 Å². The Labute approximate surface area is 214 Å². The van der Waals surface area contributed by atoms with Gasteiger partial charge in [0.2, 0.25) is 11.8 Å². The van der Waals surface area contributed by atoms with Gasteiger partial charge in [-0.3, -0.25) is 9.69 Å². The fraction of sp³-hybridized carbons (Fsp3) is 0.481.